The van der Waals surface area contributed by atoms with Gasteiger partial charge in [-0.2, -0.15) is 4.31 Å². The minimum absolute atomic E-state index is 0. The lowest BCUT2D eigenvalue weighted by molar-refractivity contribution is 0.356. The van der Waals surface area contributed by atoms with Gasteiger partial charge in [0.1, 0.15) is 10.6 Å². The molecule has 9 heteroatoms. The highest BCUT2D eigenvalue weighted by molar-refractivity contribution is 7.89. The number of piperidine rings is 1. The predicted molar refractivity (Wildman–Crippen MR) is 93.5 cm³/mol. The number of nitrogens with one attached hydrogen (secondary N) is 1. The van der Waals surface area contributed by atoms with Gasteiger partial charge in [0, 0.05) is 25.2 Å². The van der Waals surface area contributed by atoms with E-state index in [0.29, 0.717) is 24.8 Å². The number of benzene rings is 1. The molecule has 5 nitrogen and oxygen atoms in total. The van der Waals surface area contributed by atoms with Gasteiger partial charge in [0.25, 0.3) is 0 Å². The molecule has 3 aliphatic rings. The van der Waals surface area contributed by atoms with Crippen LogP contribution in [0.25, 0.3) is 0 Å². The molecule has 2 bridgehead atoms. The molecule has 0 spiro atoms. The third-order valence-corrected chi connectivity index (χ3v) is 6.92. The Morgan fingerprint density at radius 2 is 1.96 bits per heavy atom. The second kappa shape index (κ2) is 7.33. The Hall–Kier alpha value is -0.240. The van der Waals surface area contributed by atoms with Crippen molar-refractivity contribution >= 4 is 45.6 Å². The van der Waals surface area contributed by atoms with E-state index >= 15 is 0 Å². The van der Waals surface area contributed by atoms with E-state index < -0.39 is 10.0 Å². The maximum Gasteiger partial charge on any atom is 0.244 e. The van der Waals surface area contributed by atoms with Crippen molar-refractivity contribution in [3.8, 4) is 5.75 Å². The first-order chi connectivity index (χ1) is 10.4. The van der Waals surface area contributed by atoms with E-state index in [1.165, 1.54) is 23.5 Å². The Kier molecular flexibility index (Phi) is 6.09. The fourth-order valence-corrected chi connectivity index (χ4v) is 5.48. The molecule has 1 aromatic rings. The van der Waals surface area contributed by atoms with Crippen LogP contribution >= 0.6 is 35.6 Å². The minimum Gasteiger partial charge on any atom is -0.495 e. The number of nitrogens with zero attached hydrogens (tertiary/aromatic N) is 1. The van der Waals surface area contributed by atoms with Gasteiger partial charge in [0.15, 0.2) is 0 Å². The van der Waals surface area contributed by atoms with E-state index in [1.54, 1.807) is 0 Å². The summed E-state index contributed by atoms with van der Waals surface area (Å²) in [7, 11) is -2.21. The van der Waals surface area contributed by atoms with Crippen molar-refractivity contribution in [2.24, 2.45) is 5.92 Å². The number of rotatable bonds is 3. The van der Waals surface area contributed by atoms with E-state index in [-0.39, 0.29) is 33.4 Å². The topological polar surface area (TPSA) is 58.6 Å². The zero-order chi connectivity index (χ0) is 15.9. The molecular weight excluding hydrogens is 383 g/mol. The van der Waals surface area contributed by atoms with Crippen molar-refractivity contribution in [2.75, 3.05) is 26.7 Å². The van der Waals surface area contributed by atoms with Gasteiger partial charge in [-0.1, -0.05) is 23.2 Å². The number of sulfonamides is 1. The molecule has 3 heterocycles. The molecule has 2 atom stereocenters. The molecule has 0 amide bonds. The summed E-state index contributed by atoms with van der Waals surface area (Å²) in [5.74, 6) is 0.712. The number of fused-ring (bicyclic) bond motifs is 4. The molecule has 0 unspecified atom stereocenters. The van der Waals surface area contributed by atoms with Gasteiger partial charge in [-0.25, -0.2) is 8.42 Å². The normalized spacial score (nSPS) is 24.8. The number of ether oxygens (including phenoxy) is 1. The first-order valence-electron chi connectivity index (χ1n) is 7.18. The Bertz CT molecular complexity index is 662. The van der Waals surface area contributed by atoms with Gasteiger partial charge in [-0.3, -0.25) is 0 Å². The van der Waals surface area contributed by atoms with Crippen LogP contribution in [0.4, 0.5) is 0 Å². The summed E-state index contributed by atoms with van der Waals surface area (Å²) in [6.45, 7) is 1.86. The van der Waals surface area contributed by atoms with Crippen molar-refractivity contribution in [1.82, 2.24) is 9.62 Å². The summed E-state index contributed by atoms with van der Waals surface area (Å²) in [6, 6.07) is 3.03. The minimum atomic E-state index is -3.67. The van der Waals surface area contributed by atoms with E-state index in [2.05, 4.69) is 5.32 Å². The van der Waals surface area contributed by atoms with Gasteiger partial charge >= 0.3 is 0 Å². The zero-order valence-corrected chi connectivity index (χ0v) is 15.7. The Labute approximate surface area is 152 Å². The Morgan fingerprint density at radius 1 is 1.22 bits per heavy atom. The first-order valence-corrected chi connectivity index (χ1v) is 9.38. The lowest BCUT2D eigenvalue weighted by Gasteiger charge is -2.23. The number of hydrogen-bond acceptors (Lipinski definition) is 4. The molecule has 1 N–H and O–H groups in total. The smallest absolute Gasteiger partial charge is 0.244 e. The SMILES string of the molecule is COc1cc(Cl)c(S(=O)(=O)N2C[C@H]3CC[C@@H](C2)NC3)cc1Cl.Cl. The molecule has 0 aromatic heterocycles. The highest BCUT2D eigenvalue weighted by atomic mass is 35.5. The maximum absolute atomic E-state index is 12.9. The molecule has 3 fully saturated rings. The predicted octanol–water partition coefficient (Wildman–Crippen LogP) is 2.80. The number of hydrogen-bond donors (Lipinski definition) is 1. The summed E-state index contributed by atoms with van der Waals surface area (Å²) in [5.41, 5.74) is 0. The lowest BCUT2D eigenvalue weighted by atomic mass is 9.97. The van der Waals surface area contributed by atoms with Crippen LogP contribution in [0.15, 0.2) is 17.0 Å². The van der Waals surface area contributed by atoms with Gasteiger partial charge in [0.05, 0.1) is 17.2 Å². The van der Waals surface area contributed by atoms with Crippen molar-refractivity contribution in [2.45, 2.75) is 23.8 Å². The van der Waals surface area contributed by atoms with Crippen molar-refractivity contribution in [3.05, 3.63) is 22.2 Å². The molecular formula is C14H19Cl3N2O3S. The quantitative estimate of drug-likeness (QED) is 0.846. The summed E-state index contributed by atoms with van der Waals surface area (Å²) in [5, 5.41) is 3.76. The third-order valence-electron chi connectivity index (χ3n) is 4.33. The number of halogens is 3. The van der Waals surface area contributed by atoms with Crippen LogP contribution in [0.5, 0.6) is 5.75 Å². The first kappa shape index (κ1) is 19.1. The fraction of sp³-hybridized carbons (Fsp3) is 0.571. The van der Waals surface area contributed by atoms with Crippen molar-refractivity contribution < 1.29 is 13.2 Å². The Balaban J connectivity index is 0.00000192. The van der Waals surface area contributed by atoms with Gasteiger partial charge in [-0.15, -0.1) is 12.4 Å². The average Bonchev–Trinajstić information content (AvgIpc) is 2.83. The Morgan fingerprint density at radius 3 is 2.57 bits per heavy atom. The van der Waals surface area contributed by atoms with E-state index in [4.69, 9.17) is 27.9 Å². The molecule has 0 aliphatic carbocycles. The highest BCUT2D eigenvalue weighted by Crippen LogP contribution is 2.36. The van der Waals surface area contributed by atoms with Crippen molar-refractivity contribution in [1.29, 1.82) is 0 Å². The second-order valence-corrected chi connectivity index (χ2v) is 8.51. The van der Waals surface area contributed by atoms with E-state index in [1.807, 2.05) is 0 Å². The average molecular weight is 402 g/mol. The van der Waals surface area contributed by atoms with Crippen LogP contribution in [0.2, 0.25) is 10.0 Å². The maximum atomic E-state index is 12.9. The fourth-order valence-electron chi connectivity index (χ4n) is 3.09. The van der Waals surface area contributed by atoms with E-state index in [9.17, 15) is 8.42 Å². The molecule has 4 rings (SSSR count). The summed E-state index contributed by atoms with van der Waals surface area (Å²) >= 11 is 12.2. The molecule has 130 valence electrons. The van der Waals surface area contributed by atoms with Crippen LogP contribution in [0.3, 0.4) is 0 Å². The molecule has 23 heavy (non-hydrogen) atoms. The molecule has 3 aliphatic heterocycles. The summed E-state index contributed by atoms with van der Waals surface area (Å²) < 4.78 is 32.5. The van der Waals surface area contributed by atoms with Crippen LogP contribution in [-0.4, -0.2) is 45.5 Å². The van der Waals surface area contributed by atoms with Crippen molar-refractivity contribution in [3.63, 3.8) is 0 Å². The van der Waals surface area contributed by atoms with Gasteiger partial charge < -0.3 is 10.1 Å². The molecule has 0 radical (unpaired) electrons. The summed E-state index contributed by atoms with van der Waals surface area (Å²) in [4.78, 5) is 0.0428. The molecule has 3 saturated heterocycles. The van der Waals surface area contributed by atoms with Gasteiger partial charge in [-0.05, 0) is 31.4 Å². The number of methoxy groups -OCH3 is 1. The standard InChI is InChI=1S/C14H18Cl2N2O3S.ClH/c1-21-13-4-12(16)14(5-11(13)15)22(19,20)18-7-9-2-3-10(8-18)17-6-9;/h4-5,9-10,17H,2-3,6-8H2,1H3;1H/t9-,10-;/m0./s1. The molecule has 1 aromatic carbocycles. The van der Waals surface area contributed by atoms with Crippen LogP contribution in [0, 0.1) is 5.92 Å². The second-order valence-electron chi connectivity index (χ2n) is 5.79. The molecule has 0 saturated carbocycles. The van der Waals surface area contributed by atoms with E-state index in [0.717, 1.165) is 19.4 Å². The van der Waals surface area contributed by atoms with Crippen LogP contribution in [-0.2, 0) is 10.0 Å². The monoisotopic (exact) mass is 400 g/mol. The summed E-state index contributed by atoms with van der Waals surface area (Å²) in [6.07, 6.45) is 2.06. The third kappa shape index (κ3) is 3.72. The van der Waals surface area contributed by atoms with Crippen LogP contribution < -0.4 is 10.1 Å². The lowest BCUT2D eigenvalue weighted by Crippen LogP contribution is -2.40. The largest absolute Gasteiger partial charge is 0.495 e. The van der Waals surface area contributed by atoms with Gasteiger partial charge in [0.2, 0.25) is 10.0 Å². The zero-order valence-electron chi connectivity index (χ0n) is 12.6. The highest BCUT2D eigenvalue weighted by Gasteiger charge is 2.36. The van der Waals surface area contributed by atoms with Crippen LogP contribution in [0.1, 0.15) is 12.8 Å².